The molecule has 0 unspecified atom stereocenters. The summed E-state index contributed by atoms with van der Waals surface area (Å²) in [5.74, 6) is 1.55. The summed E-state index contributed by atoms with van der Waals surface area (Å²) >= 11 is 0. The summed E-state index contributed by atoms with van der Waals surface area (Å²) in [5, 5.41) is 8.88. The Labute approximate surface area is 125 Å². The summed E-state index contributed by atoms with van der Waals surface area (Å²) in [6.45, 7) is 6.35. The van der Waals surface area contributed by atoms with E-state index in [-0.39, 0.29) is 0 Å². The number of hydrogen-bond donors (Lipinski definition) is 1. The maximum absolute atomic E-state index is 8.88. The van der Waals surface area contributed by atoms with Gasteiger partial charge >= 0.3 is 0 Å². The Morgan fingerprint density at radius 2 is 2.38 bits per heavy atom. The highest BCUT2D eigenvalue weighted by Gasteiger charge is 2.26. The minimum absolute atomic E-state index is 0.337. The maximum Gasteiger partial charge on any atom is 0.111 e. The molecule has 0 aliphatic carbocycles. The summed E-state index contributed by atoms with van der Waals surface area (Å²) in [7, 11) is 0. The molecule has 1 saturated heterocycles. The van der Waals surface area contributed by atoms with Gasteiger partial charge in [-0.3, -0.25) is 4.90 Å². The third kappa shape index (κ3) is 2.93. The number of benzene rings is 1. The summed E-state index contributed by atoms with van der Waals surface area (Å²) in [4.78, 5) is 10.7. The van der Waals surface area contributed by atoms with Gasteiger partial charge in [-0.15, -0.1) is 0 Å². The van der Waals surface area contributed by atoms with Gasteiger partial charge in [-0.25, -0.2) is 4.98 Å². The van der Waals surface area contributed by atoms with Crippen LogP contribution in [0, 0.1) is 18.3 Å². The molecule has 4 heteroatoms. The number of nitrogens with one attached hydrogen (secondary N) is 1. The highest BCUT2D eigenvalue weighted by molar-refractivity contribution is 5.75. The molecule has 21 heavy (non-hydrogen) atoms. The first-order chi connectivity index (χ1) is 10.2. The molecular formula is C17H22N4. The van der Waals surface area contributed by atoms with Gasteiger partial charge in [0.05, 0.1) is 23.5 Å². The molecule has 1 aliphatic rings. The van der Waals surface area contributed by atoms with Crippen molar-refractivity contribution < 1.29 is 0 Å². The number of piperidine rings is 1. The fourth-order valence-corrected chi connectivity index (χ4v) is 3.23. The number of imidazole rings is 1. The van der Waals surface area contributed by atoms with Crippen molar-refractivity contribution >= 4 is 11.0 Å². The summed E-state index contributed by atoms with van der Waals surface area (Å²) < 4.78 is 0. The Bertz CT molecular complexity index is 667. The molecule has 3 rings (SSSR count). The molecule has 0 radical (unpaired) electrons. The van der Waals surface area contributed by atoms with Crippen LogP contribution in [0.15, 0.2) is 18.2 Å². The van der Waals surface area contributed by atoms with Crippen molar-refractivity contribution in [1.29, 1.82) is 5.26 Å². The fourth-order valence-electron chi connectivity index (χ4n) is 3.23. The maximum atomic E-state index is 8.88. The van der Waals surface area contributed by atoms with Crippen LogP contribution in [0.25, 0.3) is 11.0 Å². The Morgan fingerprint density at radius 1 is 1.52 bits per heavy atom. The summed E-state index contributed by atoms with van der Waals surface area (Å²) in [6.07, 6.45) is 2.96. The van der Waals surface area contributed by atoms with E-state index in [1.807, 2.05) is 0 Å². The van der Waals surface area contributed by atoms with Crippen molar-refractivity contribution in [3.63, 3.8) is 0 Å². The molecule has 0 bridgehead atoms. The third-order valence-electron chi connectivity index (χ3n) is 4.51. The zero-order valence-electron chi connectivity index (χ0n) is 12.8. The van der Waals surface area contributed by atoms with Gasteiger partial charge in [0, 0.05) is 18.5 Å². The molecule has 2 heterocycles. The Balaban J connectivity index is 1.80. The van der Waals surface area contributed by atoms with Gasteiger partial charge in [-0.1, -0.05) is 6.07 Å². The first kappa shape index (κ1) is 14.1. The van der Waals surface area contributed by atoms with Crippen LogP contribution in [0.5, 0.6) is 0 Å². The largest absolute Gasteiger partial charge is 0.342 e. The fraction of sp³-hybridized carbons (Fsp3) is 0.529. The van der Waals surface area contributed by atoms with Crippen LogP contribution >= 0.6 is 0 Å². The number of fused-ring (bicyclic) bond motifs is 1. The van der Waals surface area contributed by atoms with Gasteiger partial charge < -0.3 is 4.98 Å². The van der Waals surface area contributed by atoms with Gasteiger partial charge in [-0.05, 0) is 50.9 Å². The van der Waals surface area contributed by atoms with Gasteiger partial charge in [0.1, 0.15) is 5.82 Å². The first-order valence-electron chi connectivity index (χ1n) is 7.74. The summed E-state index contributed by atoms with van der Waals surface area (Å²) in [5.41, 5.74) is 3.44. The van der Waals surface area contributed by atoms with E-state index < -0.39 is 0 Å². The van der Waals surface area contributed by atoms with Crippen LogP contribution in [0.3, 0.4) is 0 Å². The number of nitrogens with zero attached hydrogens (tertiary/aromatic N) is 3. The molecule has 1 aliphatic heterocycles. The van der Waals surface area contributed by atoms with Gasteiger partial charge in [0.25, 0.3) is 0 Å². The topological polar surface area (TPSA) is 55.7 Å². The molecule has 0 spiro atoms. The molecule has 110 valence electrons. The van der Waals surface area contributed by atoms with Crippen LogP contribution in [0.4, 0.5) is 0 Å². The highest BCUT2D eigenvalue weighted by atomic mass is 15.2. The molecular weight excluding hydrogens is 260 g/mol. The van der Waals surface area contributed by atoms with Crippen molar-refractivity contribution in [1.82, 2.24) is 14.9 Å². The van der Waals surface area contributed by atoms with E-state index in [0.29, 0.717) is 18.4 Å². The molecule has 1 fully saturated rings. The lowest BCUT2D eigenvalue weighted by Crippen LogP contribution is -2.40. The lowest BCUT2D eigenvalue weighted by molar-refractivity contribution is 0.157. The smallest absolute Gasteiger partial charge is 0.111 e. The molecule has 1 aromatic carbocycles. The molecule has 1 aromatic heterocycles. The zero-order valence-corrected chi connectivity index (χ0v) is 12.8. The number of H-pyrrole nitrogens is 1. The molecule has 0 saturated carbocycles. The van der Waals surface area contributed by atoms with E-state index in [0.717, 1.165) is 29.9 Å². The second-order valence-corrected chi connectivity index (χ2v) is 6.19. The molecule has 2 atom stereocenters. The van der Waals surface area contributed by atoms with Crippen molar-refractivity contribution in [2.24, 2.45) is 0 Å². The second kappa shape index (κ2) is 5.87. The number of hydrogen-bond acceptors (Lipinski definition) is 3. The van der Waals surface area contributed by atoms with E-state index in [1.165, 1.54) is 18.4 Å². The first-order valence-corrected chi connectivity index (χ1v) is 7.74. The number of aromatic amines is 1. The lowest BCUT2D eigenvalue weighted by atomic mass is 9.96. The molecule has 2 aromatic rings. The average molecular weight is 282 g/mol. The summed E-state index contributed by atoms with van der Waals surface area (Å²) in [6, 6.07) is 8.97. The Kier molecular flexibility index (Phi) is 3.94. The molecule has 1 N–H and O–H groups in total. The van der Waals surface area contributed by atoms with Crippen molar-refractivity contribution in [3.05, 3.63) is 29.6 Å². The third-order valence-corrected chi connectivity index (χ3v) is 4.51. The van der Waals surface area contributed by atoms with Crippen LogP contribution in [-0.4, -0.2) is 34.0 Å². The number of nitriles is 1. The predicted molar refractivity (Wildman–Crippen MR) is 84.1 cm³/mol. The normalized spacial score (nSPS) is 21.3. The van der Waals surface area contributed by atoms with E-state index in [4.69, 9.17) is 10.2 Å². The highest BCUT2D eigenvalue weighted by Crippen LogP contribution is 2.28. The van der Waals surface area contributed by atoms with E-state index >= 15 is 0 Å². The van der Waals surface area contributed by atoms with Crippen LogP contribution in [0.2, 0.25) is 0 Å². The Hall–Kier alpha value is -1.86. The lowest BCUT2D eigenvalue weighted by Gasteiger charge is -2.35. The molecule has 0 amide bonds. The predicted octanol–water partition coefficient (Wildman–Crippen LogP) is 3.35. The van der Waals surface area contributed by atoms with Crippen molar-refractivity contribution in [2.45, 2.75) is 45.1 Å². The van der Waals surface area contributed by atoms with E-state index in [2.05, 4.69) is 48.0 Å². The minimum atomic E-state index is 0.337. The van der Waals surface area contributed by atoms with Gasteiger partial charge in [0.2, 0.25) is 0 Å². The van der Waals surface area contributed by atoms with Crippen LogP contribution < -0.4 is 0 Å². The van der Waals surface area contributed by atoms with E-state index in [1.54, 1.807) is 0 Å². The molecule has 4 nitrogen and oxygen atoms in total. The Morgan fingerprint density at radius 3 is 3.19 bits per heavy atom. The second-order valence-electron chi connectivity index (χ2n) is 6.19. The number of aromatic nitrogens is 2. The number of aryl methyl sites for hydroxylation is 1. The quantitative estimate of drug-likeness (QED) is 0.939. The minimum Gasteiger partial charge on any atom is -0.342 e. The number of rotatable bonds is 3. The SMILES string of the molecule is Cc1ccc2nc([C@H]3CCCN([C@H](C)CC#N)C3)[nH]c2c1. The van der Waals surface area contributed by atoms with Crippen molar-refractivity contribution in [2.75, 3.05) is 13.1 Å². The zero-order chi connectivity index (χ0) is 14.8. The van der Waals surface area contributed by atoms with E-state index in [9.17, 15) is 0 Å². The van der Waals surface area contributed by atoms with Crippen molar-refractivity contribution in [3.8, 4) is 6.07 Å². The number of likely N-dealkylation sites (tertiary alicyclic amines) is 1. The van der Waals surface area contributed by atoms with Crippen LogP contribution in [0.1, 0.15) is 43.5 Å². The average Bonchev–Trinajstić information content (AvgIpc) is 2.90. The van der Waals surface area contributed by atoms with Crippen LogP contribution in [-0.2, 0) is 0 Å². The van der Waals surface area contributed by atoms with Gasteiger partial charge in [-0.2, -0.15) is 5.26 Å². The van der Waals surface area contributed by atoms with Gasteiger partial charge in [0.15, 0.2) is 0 Å². The monoisotopic (exact) mass is 282 g/mol. The standard InChI is InChI=1S/C17H22N4/c1-12-5-6-15-16(10-12)20-17(19-15)14-4-3-9-21(11-14)13(2)7-8-18/h5-6,10,13-14H,3-4,7,9,11H2,1-2H3,(H,19,20)/t13-,14+/m1/s1.